The predicted molar refractivity (Wildman–Crippen MR) is 86.0 cm³/mol. The fraction of sp³-hybridized carbons (Fsp3) is 0.615. The van der Waals surface area contributed by atoms with Crippen molar-refractivity contribution in [3.05, 3.63) is 24.3 Å². The fourth-order valence-electron chi connectivity index (χ4n) is 2.55. The van der Waals surface area contributed by atoms with Gasteiger partial charge in [0.1, 0.15) is 5.82 Å². The summed E-state index contributed by atoms with van der Waals surface area (Å²) in [4.78, 5) is 0. The third kappa shape index (κ3) is 3.99. The highest BCUT2D eigenvalue weighted by Gasteiger charge is 2.21. The van der Waals surface area contributed by atoms with Crippen molar-refractivity contribution in [2.45, 2.75) is 30.5 Å². The molecular weight excluding hydrogens is 308 g/mol. The van der Waals surface area contributed by atoms with E-state index in [0.29, 0.717) is 5.92 Å². The summed E-state index contributed by atoms with van der Waals surface area (Å²) in [7, 11) is 2.08. The van der Waals surface area contributed by atoms with Gasteiger partial charge in [0.05, 0.1) is 6.54 Å². The highest BCUT2D eigenvalue weighted by molar-refractivity contribution is 7.99. The minimum absolute atomic E-state index is 0. The molecule has 1 fully saturated rings. The summed E-state index contributed by atoms with van der Waals surface area (Å²) in [5.74, 6) is 2.64. The van der Waals surface area contributed by atoms with Crippen molar-refractivity contribution < 1.29 is 0 Å². The van der Waals surface area contributed by atoms with Gasteiger partial charge >= 0.3 is 0 Å². The number of rotatable bonds is 5. The number of aromatic nitrogens is 5. The molecule has 2 aromatic rings. The van der Waals surface area contributed by atoms with E-state index >= 15 is 0 Å². The molecule has 0 amide bonds. The first-order chi connectivity index (χ1) is 9.84. The first-order valence-corrected chi connectivity index (χ1v) is 8.03. The van der Waals surface area contributed by atoms with Gasteiger partial charge in [-0.3, -0.25) is 4.68 Å². The number of halogens is 1. The Labute approximate surface area is 135 Å². The number of hydrogen-bond acceptors (Lipinski definition) is 5. The molecule has 3 rings (SSSR count). The Morgan fingerprint density at radius 1 is 1.33 bits per heavy atom. The predicted octanol–water partition coefficient (Wildman–Crippen LogP) is 1.69. The van der Waals surface area contributed by atoms with Crippen LogP contribution in [-0.4, -0.2) is 43.4 Å². The van der Waals surface area contributed by atoms with Crippen LogP contribution in [0.5, 0.6) is 0 Å². The molecule has 0 bridgehead atoms. The number of nitrogens with zero attached hydrogens (tertiary/aromatic N) is 5. The maximum absolute atomic E-state index is 4.40. The van der Waals surface area contributed by atoms with Crippen LogP contribution in [0.25, 0.3) is 0 Å². The fourth-order valence-corrected chi connectivity index (χ4v) is 3.40. The summed E-state index contributed by atoms with van der Waals surface area (Å²) in [6.07, 6.45) is 6.10. The Bertz CT molecular complexity index is 535. The van der Waals surface area contributed by atoms with Crippen molar-refractivity contribution in [3.63, 3.8) is 0 Å². The molecule has 0 aromatic carbocycles. The summed E-state index contributed by atoms with van der Waals surface area (Å²) < 4.78 is 4.10. The van der Waals surface area contributed by atoms with Crippen LogP contribution in [0, 0.1) is 0 Å². The lowest BCUT2D eigenvalue weighted by Gasteiger charge is -2.21. The Morgan fingerprint density at radius 2 is 2.14 bits per heavy atom. The molecule has 3 heterocycles. The van der Waals surface area contributed by atoms with Crippen molar-refractivity contribution in [3.8, 4) is 0 Å². The summed E-state index contributed by atoms with van der Waals surface area (Å²) in [5.41, 5.74) is 0. The Balaban J connectivity index is 0.00000161. The van der Waals surface area contributed by atoms with E-state index in [1.54, 1.807) is 11.8 Å². The average Bonchev–Trinajstić information content (AvgIpc) is 3.11. The molecule has 1 saturated heterocycles. The van der Waals surface area contributed by atoms with E-state index in [1.807, 2.05) is 23.1 Å². The average molecular weight is 329 g/mol. The number of nitrogens with one attached hydrogen (secondary N) is 1. The quantitative estimate of drug-likeness (QED) is 0.846. The van der Waals surface area contributed by atoms with E-state index < -0.39 is 0 Å². The van der Waals surface area contributed by atoms with E-state index in [2.05, 4.69) is 32.2 Å². The van der Waals surface area contributed by atoms with Gasteiger partial charge < -0.3 is 9.88 Å². The van der Waals surface area contributed by atoms with Gasteiger partial charge in [0.2, 0.25) is 0 Å². The molecule has 2 aromatic heterocycles. The first-order valence-electron chi connectivity index (χ1n) is 7.05. The van der Waals surface area contributed by atoms with Crippen LogP contribution < -0.4 is 5.32 Å². The van der Waals surface area contributed by atoms with Crippen LogP contribution >= 0.6 is 24.2 Å². The zero-order valence-corrected chi connectivity index (χ0v) is 13.7. The highest BCUT2D eigenvalue weighted by atomic mass is 35.5. The molecule has 0 radical (unpaired) electrons. The molecule has 0 saturated carbocycles. The van der Waals surface area contributed by atoms with Gasteiger partial charge in [0.15, 0.2) is 5.16 Å². The zero-order valence-electron chi connectivity index (χ0n) is 12.1. The summed E-state index contributed by atoms with van der Waals surface area (Å²) >= 11 is 1.74. The second-order valence-corrected chi connectivity index (χ2v) is 6.10. The molecule has 116 valence electrons. The summed E-state index contributed by atoms with van der Waals surface area (Å²) in [6.45, 7) is 3.06. The second kappa shape index (κ2) is 7.82. The van der Waals surface area contributed by atoms with E-state index in [9.17, 15) is 0 Å². The molecule has 1 aliphatic heterocycles. The number of piperidine rings is 1. The minimum Gasteiger partial charge on any atom is -0.317 e. The molecule has 21 heavy (non-hydrogen) atoms. The Kier molecular flexibility index (Phi) is 6.08. The van der Waals surface area contributed by atoms with Gasteiger partial charge in [-0.2, -0.15) is 5.10 Å². The maximum Gasteiger partial charge on any atom is 0.191 e. The lowest BCUT2D eigenvalue weighted by atomic mass is 9.97. The number of aryl methyl sites for hydroxylation is 1. The van der Waals surface area contributed by atoms with E-state index in [0.717, 1.165) is 49.2 Å². The van der Waals surface area contributed by atoms with E-state index in [1.165, 1.54) is 0 Å². The van der Waals surface area contributed by atoms with Crippen LogP contribution in [0.4, 0.5) is 0 Å². The lowest BCUT2D eigenvalue weighted by Crippen LogP contribution is -2.27. The van der Waals surface area contributed by atoms with Crippen LogP contribution in [0.15, 0.2) is 23.6 Å². The molecule has 6 nitrogen and oxygen atoms in total. The van der Waals surface area contributed by atoms with Gasteiger partial charge in [-0.15, -0.1) is 22.6 Å². The Morgan fingerprint density at radius 3 is 2.86 bits per heavy atom. The standard InChI is InChI=1S/C13H20N6S.ClH/c1-18-12(11-3-6-14-7-4-11)16-17-13(18)20-10-9-19-8-2-5-15-19;/h2,5,8,11,14H,3-4,6-7,9-10H2,1H3;1H. The zero-order chi connectivity index (χ0) is 13.8. The summed E-state index contributed by atoms with van der Waals surface area (Å²) in [6, 6.07) is 1.95. The SMILES string of the molecule is Cl.Cn1c(SCCn2cccn2)nnc1C1CCNCC1. The molecule has 0 aliphatic carbocycles. The molecular formula is C13H21ClN6S. The second-order valence-electron chi connectivity index (χ2n) is 5.04. The maximum atomic E-state index is 4.40. The Hall–Kier alpha value is -1.05. The molecule has 1 aliphatic rings. The van der Waals surface area contributed by atoms with E-state index in [-0.39, 0.29) is 12.4 Å². The van der Waals surface area contributed by atoms with Gasteiger partial charge in [0, 0.05) is 31.1 Å². The van der Waals surface area contributed by atoms with Gasteiger partial charge in [-0.1, -0.05) is 11.8 Å². The van der Waals surface area contributed by atoms with Crippen LogP contribution in [-0.2, 0) is 13.6 Å². The normalized spacial score (nSPS) is 15.9. The van der Waals surface area contributed by atoms with E-state index in [4.69, 9.17) is 0 Å². The topological polar surface area (TPSA) is 60.6 Å². The molecule has 8 heteroatoms. The third-order valence-corrected chi connectivity index (χ3v) is 4.68. The first kappa shape index (κ1) is 16.3. The molecule has 1 N–H and O–H groups in total. The van der Waals surface area contributed by atoms with Crippen LogP contribution in [0.3, 0.4) is 0 Å². The third-order valence-electron chi connectivity index (χ3n) is 3.68. The number of hydrogen-bond donors (Lipinski definition) is 1. The van der Waals surface area contributed by atoms with Crippen molar-refractivity contribution in [2.75, 3.05) is 18.8 Å². The van der Waals surface area contributed by atoms with Crippen molar-refractivity contribution in [2.24, 2.45) is 7.05 Å². The molecule has 0 unspecified atom stereocenters. The van der Waals surface area contributed by atoms with Gasteiger partial charge in [-0.25, -0.2) is 0 Å². The number of thioether (sulfide) groups is 1. The van der Waals surface area contributed by atoms with Crippen LogP contribution in [0.2, 0.25) is 0 Å². The van der Waals surface area contributed by atoms with Gasteiger partial charge in [0.25, 0.3) is 0 Å². The molecule has 0 atom stereocenters. The smallest absolute Gasteiger partial charge is 0.191 e. The molecule has 0 spiro atoms. The van der Waals surface area contributed by atoms with Crippen molar-refractivity contribution in [1.29, 1.82) is 0 Å². The largest absolute Gasteiger partial charge is 0.317 e. The highest BCUT2D eigenvalue weighted by Crippen LogP contribution is 2.26. The summed E-state index contributed by atoms with van der Waals surface area (Å²) in [5, 5.41) is 17.3. The van der Waals surface area contributed by atoms with Crippen molar-refractivity contribution >= 4 is 24.2 Å². The van der Waals surface area contributed by atoms with Crippen LogP contribution in [0.1, 0.15) is 24.6 Å². The lowest BCUT2D eigenvalue weighted by molar-refractivity contribution is 0.434. The van der Waals surface area contributed by atoms with Gasteiger partial charge in [-0.05, 0) is 32.0 Å². The monoisotopic (exact) mass is 328 g/mol. The minimum atomic E-state index is 0. The van der Waals surface area contributed by atoms with Crippen molar-refractivity contribution in [1.82, 2.24) is 29.9 Å².